The molecule has 3 nitrogen and oxygen atoms in total. The highest BCUT2D eigenvalue weighted by Crippen LogP contribution is 2.34. The van der Waals surface area contributed by atoms with Crippen molar-refractivity contribution in [1.29, 1.82) is 0 Å². The Morgan fingerprint density at radius 1 is 1.56 bits per heavy atom. The molecule has 1 aromatic rings. The third-order valence-electron chi connectivity index (χ3n) is 3.77. The monoisotopic (exact) mass is 268 g/mol. The van der Waals surface area contributed by atoms with E-state index in [0.29, 0.717) is 0 Å². The van der Waals surface area contributed by atoms with Gasteiger partial charge in [-0.3, -0.25) is 4.90 Å². The van der Waals surface area contributed by atoms with E-state index in [2.05, 4.69) is 30.2 Å². The number of aliphatic hydroxyl groups is 1. The molecule has 102 valence electrons. The van der Waals surface area contributed by atoms with Gasteiger partial charge in [0, 0.05) is 17.5 Å². The summed E-state index contributed by atoms with van der Waals surface area (Å²) in [5.41, 5.74) is 6.94. The third-order valence-corrected chi connectivity index (χ3v) is 4.86. The van der Waals surface area contributed by atoms with Gasteiger partial charge >= 0.3 is 0 Å². The Balaban J connectivity index is 2.23. The van der Waals surface area contributed by atoms with Gasteiger partial charge in [0.05, 0.1) is 11.6 Å². The highest BCUT2D eigenvalue weighted by Gasteiger charge is 2.35. The van der Waals surface area contributed by atoms with Crippen LogP contribution >= 0.6 is 11.3 Å². The molecule has 0 spiro atoms. The molecule has 0 amide bonds. The van der Waals surface area contributed by atoms with Crippen molar-refractivity contribution in [3.8, 4) is 0 Å². The van der Waals surface area contributed by atoms with Gasteiger partial charge in [0.1, 0.15) is 0 Å². The number of rotatable bonds is 3. The van der Waals surface area contributed by atoms with Gasteiger partial charge in [0.15, 0.2) is 0 Å². The lowest BCUT2D eigenvalue weighted by Crippen LogP contribution is -2.50. The fourth-order valence-corrected chi connectivity index (χ4v) is 4.10. The first-order valence-corrected chi connectivity index (χ1v) is 7.55. The number of thiophene rings is 1. The molecule has 1 aromatic heterocycles. The zero-order valence-electron chi connectivity index (χ0n) is 11.5. The van der Waals surface area contributed by atoms with Crippen LogP contribution in [-0.2, 0) is 0 Å². The third kappa shape index (κ3) is 2.94. The van der Waals surface area contributed by atoms with Crippen LogP contribution in [0, 0.1) is 6.92 Å². The van der Waals surface area contributed by atoms with Crippen molar-refractivity contribution in [3.63, 3.8) is 0 Å². The summed E-state index contributed by atoms with van der Waals surface area (Å²) >= 11 is 1.78. The summed E-state index contributed by atoms with van der Waals surface area (Å²) in [6.45, 7) is 7.88. The molecule has 0 saturated carbocycles. The highest BCUT2D eigenvalue weighted by molar-refractivity contribution is 7.10. The van der Waals surface area contributed by atoms with Crippen LogP contribution in [0.5, 0.6) is 0 Å². The van der Waals surface area contributed by atoms with Gasteiger partial charge in [-0.15, -0.1) is 11.3 Å². The number of nitrogens with two attached hydrogens (primary N) is 1. The molecule has 18 heavy (non-hydrogen) atoms. The molecule has 4 heteroatoms. The van der Waals surface area contributed by atoms with Gasteiger partial charge in [-0.05, 0) is 57.2 Å². The Bertz CT molecular complexity index is 400. The van der Waals surface area contributed by atoms with Crippen LogP contribution in [0.15, 0.2) is 11.4 Å². The lowest BCUT2D eigenvalue weighted by molar-refractivity contribution is -0.0329. The molecule has 1 saturated heterocycles. The van der Waals surface area contributed by atoms with Crippen LogP contribution in [-0.4, -0.2) is 34.7 Å². The first-order valence-electron chi connectivity index (χ1n) is 6.67. The van der Waals surface area contributed by atoms with E-state index >= 15 is 0 Å². The van der Waals surface area contributed by atoms with Gasteiger partial charge in [-0.2, -0.15) is 0 Å². The number of aryl methyl sites for hydroxylation is 1. The number of β-amino-alcohol motifs (C(OH)–C–C–N with tert-alkyl or cyclic N) is 1. The summed E-state index contributed by atoms with van der Waals surface area (Å²) in [4.78, 5) is 3.70. The van der Waals surface area contributed by atoms with Gasteiger partial charge in [-0.25, -0.2) is 0 Å². The summed E-state index contributed by atoms with van der Waals surface area (Å²) in [6, 6.07) is 2.46. The Labute approximate surface area is 114 Å². The fourth-order valence-electron chi connectivity index (χ4n) is 2.92. The summed E-state index contributed by atoms with van der Waals surface area (Å²) in [6.07, 6.45) is 1.93. The van der Waals surface area contributed by atoms with Crippen LogP contribution in [0.4, 0.5) is 0 Å². The van der Waals surface area contributed by atoms with Gasteiger partial charge in [0.2, 0.25) is 0 Å². The zero-order chi connectivity index (χ0) is 13.3. The first-order chi connectivity index (χ1) is 8.41. The Morgan fingerprint density at radius 3 is 2.78 bits per heavy atom. The second-order valence-corrected chi connectivity index (χ2v) is 6.79. The van der Waals surface area contributed by atoms with Gasteiger partial charge < -0.3 is 10.8 Å². The molecule has 0 bridgehead atoms. The maximum atomic E-state index is 10.3. The number of piperidine rings is 1. The van der Waals surface area contributed by atoms with E-state index in [4.69, 9.17) is 5.73 Å². The molecule has 1 fully saturated rings. The maximum absolute atomic E-state index is 10.3. The minimum absolute atomic E-state index is 0.0799. The van der Waals surface area contributed by atoms with E-state index in [0.717, 1.165) is 25.9 Å². The van der Waals surface area contributed by atoms with Crippen LogP contribution in [0.2, 0.25) is 0 Å². The van der Waals surface area contributed by atoms with E-state index < -0.39 is 5.60 Å². The lowest BCUT2D eigenvalue weighted by Gasteiger charge is -2.42. The van der Waals surface area contributed by atoms with Crippen molar-refractivity contribution in [2.24, 2.45) is 5.73 Å². The van der Waals surface area contributed by atoms with Crippen LogP contribution in [0.1, 0.15) is 43.2 Å². The average molecular weight is 268 g/mol. The summed E-state index contributed by atoms with van der Waals surface area (Å²) < 4.78 is 0. The zero-order valence-corrected chi connectivity index (χ0v) is 12.3. The van der Waals surface area contributed by atoms with Crippen molar-refractivity contribution < 1.29 is 5.11 Å². The van der Waals surface area contributed by atoms with Gasteiger partial charge in [-0.1, -0.05) is 0 Å². The standard InChI is InChI=1S/C14H24N2OS/c1-10-5-8-18-13(10)12(11(2)15)16-7-4-6-14(3,17)9-16/h5,8,11-12,17H,4,6-7,9,15H2,1-3H3. The normalized spacial score (nSPS) is 29.2. The molecule has 3 atom stereocenters. The Hall–Kier alpha value is -0.420. The summed E-state index contributed by atoms with van der Waals surface area (Å²) in [5.74, 6) is 0. The molecule has 0 radical (unpaired) electrons. The predicted octanol–water partition coefficient (Wildman–Crippen LogP) is 2.29. The highest BCUT2D eigenvalue weighted by atomic mass is 32.1. The SMILES string of the molecule is Cc1ccsc1C(C(C)N)N1CCCC(C)(O)C1. The van der Waals surface area contributed by atoms with E-state index in [1.807, 2.05) is 6.92 Å². The topological polar surface area (TPSA) is 49.5 Å². The van der Waals surface area contributed by atoms with Crippen molar-refractivity contribution in [1.82, 2.24) is 4.90 Å². The molecule has 1 aliphatic heterocycles. The predicted molar refractivity (Wildman–Crippen MR) is 76.9 cm³/mol. The van der Waals surface area contributed by atoms with Gasteiger partial charge in [0.25, 0.3) is 0 Å². The van der Waals surface area contributed by atoms with Crippen molar-refractivity contribution in [2.75, 3.05) is 13.1 Å². The largest absolute Gasteiger partial charge is 0.389 e. The first kappa shape index (κ1) is 14.0. The molecule has 3 N–H and O–H groups in total. The minimum atomic E-state index is -0.573. The molecule has 1 aliphatic rings. The van der Waals surface area contributed by atoms with Crippen molar-refractivity contribution in [2.45, 2.75) is 51.3 Å². The maximum Gasteiger partial charge on any atom is 0.0746 e. The van der Waals surface area contributed by atoms with Crippen LogP contribution in [0.3, 0.4) is 0 Å². The smallest absolute Gasteiger partial charge is 0.0746 e. The average Bonchev–Trinajstić information content (AvgIpc) is 2.63. The van der Waals surface area contributed by atoms with E-state index in [9.17, 15) is 5.11 Å². The van der Waals surface area contributed by atoms with Crippen LogP contribution in [0.25, 0.3) is 0 Å². The Morgan fingerprint density at radius 2 is 2.28 bits per heavy atom. The molecule has 0 aliphatic carbocycles. The fraction of sp³-hybridized carbons (Fsp3) is 0.714. The Kier molecular flexibility index (Phi) is 4.11. The summed E-state index contributed by atoms with van der Waals surface area (Å²) in [5, 5.41) is 12.4. The second kappa shape index (κ2) is 5.29. The quantitative estimate of drug-likeness (QED) is 0.884. The van der Waals surface area contributed by atoms with E-state index in [-0.39, 0.29) is 12.1 Å². The molecule has 2 heterocycles. The molecule has 0 aromatic carbocycles. The number of nitrogens with zero attached hydrogens (tertiary/aromatic N) is 1. The lowest BCUT2D eigenvalue weighted by atomic mass is 9.92. The second-order valence-electron chi connectivity index (χ2n) is 5.84. The number of hydrogen-bond acceptors (Lipinski definition) is 4. The van der Waals surface area contributed by atoms with E-state index in [1.54, 1.807) is 11.3 Å². The number of likely N-dealkylation sites (tertiary alicyclic amines) is 1. The molecule has 3 unspecified atom stereocenters. The van der Waals surface area contributed by atoms with Crippen molar-refractivity contribution >= 4 is 11.3 Å². The summed E-state index contributed by atoms with van der Waals surface area (Å²) in [7, 11) is 0. The van der Waals surface area contributed by atoms with Crippen LogP contribution < -0.4 is 5.73 Å². The molecular formula is C14H24N2OS. The minimum Gasteiger partial charge on any atom is -0.389 e. The van der Waals surface area contributed by atoms with Crippen molar-refractivity contribution in [3.05, 3.63) is 21.9 Å². The molecule has 2 rings (SSSR count). The number of hydrogen-bond donors (Lipinski definition) is 2. The molecular weight excluding hydrogens is 244 g/mol. The van der Waals surface area contributed by atoms with E-state index in [1.165, 1.54) is 10.4 Å².